The number of aryl methyl sites for hydroxylation is 1. The van der Waals surface area contributed by atoms with E-state index in [-0.39, 0.29) is 11.8 Å². The highest BCUT2D eigenvalue weighted by molar-refractivity contribution is 6.00. The molecule has 0 bridgehead atoms. The van der Waals surface area contributed by atoms with Crippen molar-refractivity contribution >= 4 is 23.0 Å². The van der Waals surface area contributed by atoms with Gasteiger partial charge in [-0.25, -0.2) is 5.43 Å². The molecular weight excluding hydrogens is 298 g/mol. The van der Waals surface area contributed by atoms with E-state index in [2.05, 4.69) is 27.6 Å². The van der Waals surface area contributed by atoms with Gasteiger partial charge in [0.2, 0.25) is 5.91 Å². The Bertz CT molecular complexity index is 911. The molecule has 4 rings (SSSR count). The largest absolute Gasteiger partial charge is 0.358 e. The number of nitrogens with one attached hydrogen (secondary N) is 2. The summed E-state index contributed by atoms with van der Waals surface area (Å²) >= 11 is 0. The molecule has 4 nitrogen and oxygen atoms in total. The summed E-state index contributed by atoms with van der Waals surface area (Å²) < 4.78 is 0. The van der Waals surface area contributed by atoms with Crippen LogP contribution in [0, 0.1) is 12.8 Å². The highest BCUT2D eigenvalue weighted by Crippen LogP contribution is 2.47. The van der Waals surface area contributed by atoms with Gasteiger partial charge in [0.05, 0.1) is 6.21 Å². The average Bonchev–Trinajstić information content (AvgIpc) is 3.35. The molecule has 1 saturated carbocycles. The molecule has 1 amide bonds. The minimum Gasteiger partial charge on any atom is -0.358 e. The number of rotatable bonds is 4. The minimum atomic E-state index is -0.00222. The summed E-state index contributed by atoms with van der Waals surface area (Å²) in [6.07, 6.45) is 2.63. The van der Waals surface area contributed by atoms with E-state index in [1.165, 1.54) is 5.56 Å². The lowest BCUT2D eigenvalue weighted by Crippen LogP contribution is -2.20. The fourth-order valence-corrected chi connectivity index (χ4v) is 3.26. The fourth-order valence-electron chi connectivity index (χ4n) is 3.26. The number of fused-ring (bicyclic) bond motifs is 1. The molecule has 2 atom stereocenters. The van der Waals surface area contributed by atoms with Crippen molar-refractivity contribution in [1.82, 2.24) is 10.4 Å². The predicted molar refractivity (Wildman–Crippen MR) is 96.1 cm³/mol. The van der Waals surface area contributed by atoms with E-state index in [0.717, 1.165) is 28.6 Å². The monoisotopic (exact) mass is 317 g/mol. The van der Waals surface area contributed by atoms with Gasteiger partial charge in [0.1, 0.15) is 0 Å². The maximum Gasteiger partial charge on any atom is 0.243 e. The molecule has 0 aliphatic heterocycles. The predicted octanol–water partition coefficient (Wildman–Crippen LogP) is 3.73. The number of hydrogen-bond donors (Lipinski definition) is 2. The van der Waals surface area contributed by atoms with Crippen LogP contribution in [0.2, 0.25) is 0 Å². The summed E-state index contributed by atoms with van der Waals surface area (Å²) in [4.78, 5) is 15.6. The molecule has 2 aromatic carbocycles. The third-order valence-corrected chi connectivity index (χ3v) is 4.67. The zero-order valence-corrected chi connectivity index (χ0v) is 13.5. The lowest BCUT2D eigenvalue weighted by Gasteiger charge is -2.00. The van der Waals surface area contributed by atoms with Gasteiger partial charge in [-0.2, -0.15) is 5.10 Å². The number of nitrogens with zero attached hydrogens (tertiary/aromatic N) is 1. The Morgan fingerprint density at radius 2 is 1.92 bits per heavy atom. The molecule has 0 unspecified atom stereocenters. The van der Waals surface area contributed by atoms with Gasteiger partial charge in [0.15, 0.2) is 0 Å². The first-order valence-corrected chi connectivity index (χ1v) is 8.19. The molecule has 0 radical (unpaired) electrons. The van der Waals surface area contributed by atoms with Crippen molar-refractivity contribution in [2.24, 2.45) is 11.0 Å². The van der Waals surface area contributed by atoms with Gasteiger partial charge in [-0.05, 0) is 30.9 Å². The molecule has 24 heavy (non-hydrogen) atoms. The smallest absolute Gasteiger partial charge is 0.243 e. The Kier molecular flexibility index (Phi) is 3.65. The van der Waals surface area contributed by atoms with Crippen molar-refractivity contribution in [3.8, 4) is 0 Å². The summed E-state index contributed by atoms with van der Waals surface area (Å²) in [5.74, 6) is 0.363. The van der Waals surface area contributed by atoms with E-state index in [4.69, 9.17) is 0 Å². The second-order valence-electron chi connectivity index (χ2n) is 6.30. The molecule has 3 aromatic rings. The molecule has 2 N–H and O–H groups in total. The van der Waals surface area contributed by atoms with Crippen molar-refractivity contribution in [2.45, 2.75) is 19.3 Å². The summed E-state index contributed by atoms with van der Waals surface area (Å²) in [6, 6.07) is 18.3. The summed E-state index contributed by atoms with van der Waals surface area (Å²) in [5, 5.41) is 5.28. The third kappa shape index (κ3) is 2.71. The molecule has 1 aromatic heterocycles. The lowest BCUT2D eigenvalue weighted by atomic mass is 10.1. The van der Waals surface area contributed by atoms with Gasteiger partial charge < -0.3 is 4.98 Å². The number of carbonyl (C=O) groups is 1. The van der Waals surface area contributed by atoms with Crippen LogP contribution < -0.4 is 5.43 Å². The number of benzene rings is 2. The van der Waals surface area contributed by atoms with Crippen LogP contribution in [0.3, 0.4) is 0 Å². The van der Waals surface area contributed by atoms with E-state index < -0.39 is 0 Å². The molecule has 1 aliphatic rings. The van der Waals surface area contributed by atoms with Gasteiger partial charge in [0, 0.05) is 28.1 Å². The second kappa shape index (κ2) is 5.96. The van der Waals surface area contributed by atoms with Crippen LogP contribution in [0.25, 0.3) is 10.9 Å². The van der Waals surface area contributed by atoms with E-state index >= 15 is 0 Å². The Morgan fingerprint density at radius 1 is 1.17 bits per heavy atom. The van der Waals surface area contributed by atoms with Crippen LogP contribution in [0.15, 0.2) is 59.7 Å². The number of amides is 1. The van der Waals surface area contributed by atoms with Crippen LogP contribution in [0.5, 0.6) is 0 Å². The number of carbonyl (C=O) groups excluding carboxylic acids is 1. The molecular formula is C20H19N3O. The van der Waals surface area contributed by atoms with Crippen LogP contribution in [-0.4, -0.2) is 17.1 Å². The summed E-state index contributed by atoms with van der Waals surface area (Å²) in [6.45, 7) is 2.01. The number of aromatic nitrogens is 1. The second-order valence-corrected chi connectivity index (χ2v) is 6.30. The molecule has 1 fully saturated rings. The van der Waals surface area contributed by atoms with Crippen LogP contribution in [-0.2, 0) is 4.79 Å². The van der Waals surface area contributed by atoms with E-state index in [0.29, 0.717) is 5.92 Å². The van der Waals surface area contributed by atoms with Crippen LogP contribution in [0.1, 0.15) is 29.2 Å². The normalized spacial score (nSPS) is 19.7. The van der Waals surface area contributed by atoms with Crippen molar-refractivity contribution in [3.63, 3.8) is 0 Å². The Labute approximate surface area is 140 Å². The molecule has 0 saturated heterocycles. The topological polar surface area (TPSA) is 57.2 Å². The van der Waals surface area contributed by atoms with Crippen LogP contribution >= 0.6 is 0 Å². The maximum atomic E-state index is 12.2. The van der Waals surface area contributed by atoms with Gasteiger partial charge in [0.25, 0.3) is 0 Å². The minimum absolute atomic E-state index is 0.00222. The summed E-state index contributed by atoms with van der Waals surface area (Å²) in [7, 11) is 0. The van der Waals surface area contributed by atoms with Crippen LogP contribution in [0.4, 0.5) is 0 Å². The standard InChI is InChI=1S/C20H19N3O/c1-13-18(15-9-5-6-10-19(15)22-13)12-21-23-20(24)17-11-16(17)14-7-3-2-4-8-14/h2-10,12,16-17,22H,11H2,1H3,(H,23,24)/b21-12+/t16-,17-/m0/s1. The molecule has 1 aliphatic carbocycles. The molecule has 120 valence electrons. The zero-order valence-electron chi connectivity index (χ0n) is 13.5. The Balaban J connectivity index is 1.43. The number of para-hydroxylation sites is 1. The first-order valence-electron chi connectivity index (χ1n) is 8.19. The van der Waals surface area contributed by atoms with Crippen molar-refractivity contribution < 1.29 is 4.79 Å². The van der Waals surface area contributed by atoms with E-state index in [9.17, 15) is 4.79 Å². The number of aromatic amines is 1. The first kappa shape index (κ1) is 14.7. The Morgan fingerprint density at radius 3 is 2.75 bits per heavy atom. The van der Waals surface area contributed by atoms with Gasteiger partial charge in [-0.1, -0.05) is 48.5 Å². The summed E-state index contributed by atoms with van der Waals surface area (Å²) in [5.41, 5.74) is 7.06. The highest BCUT2D eigenvalue weighted by atomic mass is 16.2. The molecule has 0 spiro atoms. The highest BCUT2D eigenvalue weighted by Gasteiger charge is 2.43. The maximum absolute atomic E-state index is 12.2. The fraction of sp³-hybridized carbons (Fsp3) is 0.200. The lowest BCUT2D eigenvalue weighted by molar-refractivity contribution is -0.122. The van der Waals surface area contributed by atoms with Gasteiger partial charge in [-0.3, -0.25) is 4.79 Å². The average molecular weight is 317 g/mol. The number of hydrogen-bond acceptors (Lipinski definition) is 2. The SMILES string of the molecule is Cc1[nH]c2ccccc2c1/C=N/NC(=O)[C@H]1C[C@H]1c1ccccc1. The van der Waals surface area contributed by atoms with Crippen molar-refractivity contribution in [1.29, 1.82) is 0 Å². The van der Waals surface area contributed by atoms with Gasteiger partial charge >= 0.3 is 0 Å². The van der Waals surface area contributed by atoms with Crippen molar-refractivity contribution in [3.05, 3.63) is 71.4 Å². The molecule has 1 heterocycles. The molecule has 4 heteroatoms. The quantitative estimate of drug-likeness (QED) is 0.559. The van der Waals surface area contributed by atoms with E-state index in [1.54, 1.807) is 6.21 Å². The number of hydrazone groups is 1. The third-order valence-electron chi connectivity index (χ3n) is 4.67. The van der Waals surface area contributed by atoms with Gasteiger partial charge in [-0.15, -0.1) is 0 Å². The Hall–Kier alpha value is -2.88. The van der Waals surface area contributed by atoms with E-state index in [1.807, 2.05) is 49.4 Å². The number of H-pyrrole nitrogens is 1. The first-order chi connectivity index (χ1) is 11.7. The zero-order chi connectivity index (χ0) is 16.5. The van der Waals surface area contributed by atoms with Crippen molar-refractivity contribution in [2.75, 3.05) is 0 Å².